The van der Waals surface area contributed by atoms with Crippen molar-refractivity contribution >= 4 is 17.2 Å². The van der Waals surface area contributed by atoms with Gasteiger partial charge in [0.1, 0.15) is 10.7 Å². The van der Waals surface area contributed by atoms with E-state index in [4.69, 9.17) is 22.7 Å². The highest BCUT2D eigenvalue weighted by Gasteiger charge is 2.20. The highest BCUT2D eigenvalue weighted by Crippen LogP contribution is 2.18. The predicted octanol–water partition coefficient (Wildman–Crippen LogP) is 1.28. The smallest absolute Gasteiger partial charge is 0.317 e. The third-order valence-corrected chi connectivity index (χ3v) is 3.65. The van der Waals surface area contributed by atoms with Crippen LogP contribution in [0, 0.1) is 6.92 Å². The van der Waals surface area contributed by atoms with Crippen molar-refractivity contribution in [2.45, 2.75) is 32.2 Å². The summed E-state index contributed by atoms with van der Waals surface area (Å²) >= 11 is 4.92. The van der Waals surface area contributed by atoms with Gasteiger partial charge in [0.05, 0.1) is 6.61 Å². The molecule has 0 radical (unpaired) electrons. The fourth-order valence-corrected chi connectivity index (χ4v) is 2.47. The Hall–Kier alpha value is -1.27. The molecule has 1 fully saturated rings. The van der Waals surface area contributed by atoms with E-state index in [1.165, 1.54) is 19.4 Å². The second kappa shape index (κ2) is 6.25. The highest BCUT2D eigenvalue weighted by molar-refractivity contribution is 7.80. The molecule has 1 atom stereocenters. The van der Waals surface area contributed by atoms with Gasteiger partial charge >= 0.3 is 6.01 Å². The molecule has 0 spiro atoms. The Morgan fingerprint density at radius 2 is 2.37 bits per heavy atom. The van der Waals surface area contributed by atoms with Crippen molar-refractivity contribution < 1.29 is 4.74 Å². The third-order valence-electron chi connectivity index (χ3n) is 3.44. The largest absolute Gasteiger partial charge is 0.463 e. The number of nitrogens with zero attached hydrogens (tertiary/aromatic N) is 3. The second-order valence-corrected chi connectivity index (χ2v) is 5.40. The van der Waals surface area contributed by atoms with E-state index in [-0.39, 0.29) is 4.99 Å². The zero-order chi connectivity index (χ0) is 13.8. The molecule has 2 rings (SSSR count). The normalized spacial score (nSPS) is 19.6. The minimum absolute atomic E-state index is 0.269. The maximum atomic E-state index is 5.62. The molecule has 0 amide bonds. The summed E-state index contributed by atoms with van der Waals surface area (Å²) in [4.78, 5) is 11.1. The van der Waals surface area contributed by atoms with Crippen molar-refractivity contribution in [2.24, 2.45) is 5.73 Å². The maximum absolute atomic E-state index is 5.62. The fraction of sp³-hybridized carbons (Fsp3) is 0.615. The first-order chi connectivity index (χ1) is 9.06. The standard InChI is InChI=1S/C13H20N4OS/c1-9-8-11(12(14)19)16-13(15-9)18-7-5-10-4-3-6-17(10)2/h8,10H,3-7H2,1-2H3,(H2,14,19). The van der Waals surface area contributed by atoms with Crippen molar-refractivity contribution in [1.82, 2.24) is 14.9 Å². The molecule has 0 aromatic carbocycles. The molecule has 5 nitrogen and oxygen atoms in total. The highest BCUT2D eigenvalue weighted by atomic mass is 32.1. The molecule has 0 saturated carbocycles. The quantitative estimate of drug-likeness (QED) is 0.820. The Bertz CT molecular complexity index is 466. The summed E-state index contributed by atoms with van der Waals surface area (Å²) in [6.45, 7) is 3.67. The Kier molecular flexibility index (Phi) is 4.66. The summed E-state index contributed by atoms with van der Waals surface area (Å²) in [7, 11) is 2.16. The summed E-state index contributed by atoms with van der Waals surface area (Å²) in [5.41, 5.74) is 6.95. The molecule has 1 aromatic heterocycles. The summed E-state index contributed by atoms with van der Waals surface area (Å²) < 4.78 is 5.62. The van der Waals surface area contributed by atoms with Gasteiger partial charge in [-0.25, -0.2) is 4.98 Å². The first-order valence-corrected chi connectivity index (χ1v) is 6.95. The van der Waals surface area contributed by atoms with Crippen LogP contribution in [-0.2, 0) is 0 Å². The van der Waals surface area contributed by atoms with E-state index in [0.717, 1.165) is 12.1 Å². The van der Waals surface area contributed by atoms with Crippen LogP contribution in [0.5, 0.6) is 6.01 Å². The monoisotopic (exact) mass is 280 g/mol. The first-order valence-electron chi connectivity index (χ1n) is 6.55. The Morgan fingerprint density at radius 3 is 3.00 bits per heavy atom. The van der Waals surface area contributed by atoms with Crippen molar-refractivity contribution in [1.29, 1.82) is 0 Å². The van der Waals surface area contributed by atoms with E-state index in [9.17, 15) is 0 Å². The molecule has 1 aliphatic rings. The Morgan fingerprint density at radius 1 is 1.58 bits per heavy atom. The molecule has 19 heavy (non-hydrogen) atoms. The Labute approximate surface area is 119 Å². The third kappa shape index (κ3) is 3.84. The van der Waals surface area contributed by atoms with Crippen LogP contribution in [0.15, 0.2) is 6.07 Å². The topological polar surface area (TPSA) is 64.3 Å². The summed E-state index contributed by atoms with van der Waals surface area (Å²) in [5.74, 6) is 0. The minimum Gasteiger partial charge on any atom is -0.463 e. The number of thiocarbonyl (C=S) groups is 1. The first kappa shape index (κ1) is 14.1. The number of aromatic nitrogens is 2. The van der Waals surface area contributed by atoms with Gasteiger partial charge < -0.3 is 15.4 Å². The summed E-state index contributed by atoms with van der Waals surface area (Å²) in [6, 6.07) is 2.74. The number of likely N-dealkylation sites (tertiary alicyclic amines) is 1. The SMILES string of the molecule is Cc1cc(C(N)=S)nc(OCCC2CCCN2C)n1. The van der Waals surface area contributed by atoms with Gasteiger partial charge in [-0.15, -0.1) is 0 Å². The molecule has 1 aromatic rings. The second-order valence-electron chi connectivity index (χ2n) is 4.96. The lowest BCUT2D eigenvalue weighted by Gasteiger charge is -2.18. The van der Waals surface area contributed by atoms with Crippen LogP contribution < -0.4 is 10.5 Å². The van der Waals surface area contributed by atoms with Crippen LogP contribution >= 0.6 is 12.2 Å². The van der Waals surface area contributed by atoms with E-state index < -0.39 is 0 Å². The zero-order valence-electron chi connectivity index (χ0n) is 11.4. The lowest BCUT2D eigenvalue weighted by Crippen LogP contribution is -2.26. The minimum atomic E-state index is 0.269. The molecular weight excluding hydrogens is 260 g/mol. The number of aryl methyl sites for hydroxylation is 1. The molecule has 0 bridgehead atoms. The van der Waals surface area contributed by atoms with Gasteiger partial charge in [0.25, 0.3) is 0 Å². The zero-order valence-corrected chi connectivity index (χ0v) is 12.2. The number of ether oxygens (including phenoxy) is 1. The van der Waals surface area contributed by atoms with Crippen molar-refractivity contribution in [2.75, 3.05) is 20.2 Å². The molecule has 1 saturated heterocycles. The van der Waals surface area contributed by atoms with Crippen LogP contribution in [-0.4, -0.2) is 46.1 Å². The number of hydrogen-bond acceptors (Lipinski definition) is 5. The Balaban J connectivity index is 1.90. The van der Waals surface area contributed by atoms with Crippen molar-refractivity contribution in [3.8, 4) is 6.01 Å². The van der Waals surface area contributed by atoms with E-state index in [0.29, 0.717) is 24.4 Å². The van der Waals surface area contributed by atoms with Crippen LogP contribution in [0.2, 0.25) is 0 Å². The molecule has 1 aliphatic heterocycles. The average Bonchev–Trinajstić information content (AvgIpc) is 2.74. The molecule has 6 heteroatoms. The van der Waals surface area contributed by atoms with Crippen LogP contribution in [0.3, 0.4) is 0 Å². The van der Waals surface area contributed by atoms with Crippen LogP contribution in [0.1, 0.15) is 30.7 Å². The average molecular weight is 280 g/mol. The van der Waals surface area contributed by atoms with Gasteiger partial charge in [0.2, 0.25) is 0 Å². The van der Waals surface area contributed by atoms with E-state index >= 15 is 0 Å². The predicted molar refractivity (Wildman–Crippen MR) is 78.4 cm³/mol. The molecule has 0 aliphatic carbocycles. The van der Waals surface area contributed by atoms with Gasteiger partial charge in [0, 0.05) is 11.7 Å². The molecular formula is C13H20N4OS. The molecule has 1 unspecified atom stereocenters. The molecule has 104 valence electrons. The van der Waals surface area contributed by atoms with Gasteiger partial charge in [-0.05, 0) is 45.8 Å². The van der Waals surface area contributed by atoms with Gasteiger partial charge in [0.15, 0.2) is 0 Å². The number of nitrogens with two attached hydrogens (primary N) is 1. The van der Waals surface area contributed by atoms with Crippen molar-refractivity contribution in [3.63, 3.8) is 0 Å². The van der Waals surface area contributed by atoms with Gasteiger partial charge in [-0.1, -0.05) is 12.2 Å². The van der Waals surface area contributed by atoms with Gasteiger partial charge in [-0.3, -0.25) is 0 Å². The van der Waals surface area contributed by atoms with E-state index in [2.05, 4.69) is 21.9 Å². The number of hydrogen-bond donors (Lipinski definition) is 1. The lowest BCUT2D eigenvalue weighted by atomic mass is 10.2. The molecule has 2 N–H and O–H groups in total. The van der Waals surface area contributed by atoms with Crippen LogP contribution in [0.25, 0.3) is 0 Å². The van der Waals surface area contributed by atoms with Crippen molar-refractivity contribution in [3.05, 3.63) is 17.5 Å². The lowest BCUT2D eigenvalue weighted by molar-refractivity contribution is 0.223. The summed E-state index contributed by atoms with van der Waals surface area (Å²) in [5, 5.41) is 0. The molecule has 2 heterocycles. The summed E-state index contributed by atoms with van der Waals surface area (Å²) in [6.07, 6.45) is 3.51. The van der Waals surface area contributed by atoms with Gasteiger partial charge in [-0.2, -0.15) is 4.98 Å². The van der Waals surface area contributed by atoms with E-state index in [1.807, 2.05) is 6.92 Å². The number of rotatable bonds is 5. The maximum Gasteiger partial charge on any atom is 0.317 e. The fourth-order valence-electron chi connectivity index (χ4n) is 2.36. The van der Waals surface area contributed by atoms with E-state index in [1.54, 1.807) is 6.07 Å². The van der Waals surface area contributed by atoms with Crippen LogP contribution in [0.4, 0.5) is 0 Å².